The lowest BCUT2D eigenvalue weighted by Crippen LogP contribution is -2.56. The SMILES string of the molecule is CC1(C)CN(C(=O)c2c[nH]ccc2=O)CC(CO)O1. The van der Waals surface area contributed by atoms with Gasteiger partial charge >= 0.3 is 0 Å². The maximum atomic E-state index is 12.3. The molecule has 0 saturated carbocycles. The Hall–Kier alpha value is -1.66. The van der Waals surface area contributed by atoms with E-state index in [9.17, 15) is 14.7 Å². The van der Waals surface area contributed by atoms with Crippen molar-refractivity contribution in [1.82, 2.24) is 9.88 Å². The van der Waals surface area contributed by atoms with E-state index in [1.54, 1.807) is 4.90 Å². The first kappa shape index (κ1) is 13.8. The van der Waals surface area contributed by atoms with E-state index < -0.39 is 11.7 Å². The number of aromatic amines is 1. The Bertz CT molecular complexity index is 523. The molecular formula is C13H18N2O4. The molecule has 0 radical (unpaired) electrons. The van der Waals surface area contributed by atoms with Crippen LogP contribution in [0.25, 0.3) is 0 Å². The zero-order valence-electron chi connectivity index (χ0n) is 11.0. The Morgan fingerprint density at radius 3 is 3.00 bits per heavy atom. The van der Waals surface area contributed by atoms with Gasteiger partial charge in [0.25, 0.3) is 5.91 Å². The van der Waals surface area contributed by atoms with Gasteiger partial charge in [-0.25, -0.2) is 0 Å². The molecule has 0 aromatic carbocycles. The highest BCUT2D eigenvalue weighted by atomic mass is 16.5. The number of nitrogens with zero attached hydrogens (tertiary/aromatic N) is 1. The number of rotatable bonds is 2. The van der Waals surface area contributed by atoms with Crippen molar-refractivity contribution in [2.24, 2.45) is 0 Å². The molecule has 6 heteroatoms. The quantitative estimate of drug-likeness (QED) is 0.788. The van der Waals surface area contributed by atoms with Gasteiger partial charge < -0.3 is 19.7 Å². The molecule has 1 aliphatic heterocycles. The molecule has 1 unspecified atom stereocenters. The minimum absolute atomic E-state index is 0.108. The predicted octanol–water partition coefficient (Wildman–Crippen LogP) is -0.0132. The summed E-state index contributed by atoms with van der Waals surface area (Å²) < 4.78 is 5.64. The van der Waals surface area contributed by atoms with Crippen molar-refractivity contribution in [1.29, 1.82) is 0 Å². The number of pyridine rings is 1. The number of morpholine rings is 1. The lowest BCUT2D eigenvalue weighted by molar-refractivity contribution is -0.139. The maximum absolute atomic E-state index is 12.3. The van der Waals surface area contributed by atoms with E-state index in [0.717, 1.165) is 0 Å². The van der Waals surface area contributed by atoms with Crippen molar-refractivity contribution in [2.75, 3.05) is 19.7 Å². The molecule has 0 spiro atoms. The van der Waals surface area contributed by atoms with Crippen LogP contribution in [0, 0.1) is 0 Å². The summed E-state index contributed by atoms with van der Waals surface area (Å²) in [5.41, 5.74) is -0.742. The molecule has 19 heavy (non-hydrogen) atoms. The second kappa shape index (κ2) is 5.14. The fourth-order valence-corrected chi connectivity index (χ4v) is 2.30. The molecule has 1 saturated heterocycles. The first-order valence-corrected chi connectivity index (χ1v) is 6.18. The third-order valence-corrected chi connectivity index (χ3v) is 3.03. The molecule has 0 aliphatic carbocycles. The average molecular weight is 266 g/mol. The summed E-state index contributed by atoms with van der Waals surface area (Å²) in [6.45, 7) is 4.22. The van der Waals surface area contributed by atoms with Crippen molar-refractivity contribution >= 4 is 5.91 Å². The normalized spacial score (nSPS) is 22.3. The molecule has 1 fully saturated rings. The molecule has 1 aliphatic rings. The van der Waals surface area contributed by atoms with Crippen LogP contribution in [0.2, 0.25) is 0 Å². The topological polar surface area (TPSA) is 82.6 Å². The number of carbonyl (C=O) groups excluding carboxylic acids is 1. The number of carbonyl (C=O) groups is 1. The van der Waals surface area contributed by atoms with Crippen molar-refractivity contribution in [3.05, 3.63) is 34.2 Å². The summed E-state index contributed by atoms with van der Waals surface area (Å²) in [7, 11) is 0. The summed E-state index contributed by atoms with van der Waals surface area (Å²) >= 11 is 0. The molecule has 0 bridgehead atoms. The van der Waals surface area contributed by atoms with Crippen molar-refractivity contribution < 1.29 is 14.6 Å². The molecule has 2 rings (SSSR count). The van der Waals surface area contributed by atoms with E-state index >= 15 is 0 Å². The Labute approximate surface area is 111 Å². The van der Waals surface area contributed by atoms with Gasteiger partial charge in [-0.1, -0.05) is 0 Å². The van der Waals surface area contributed by atoms with Gasteiger partial charge in [0.2, 0.25) is 0 Å². The molecular weight excluding hydrogens is 248 g/mol. The van der Waals surface area contributed by atoms with Gasteiger partial charge in [-0.05, 0) is 13.8 Å². The van der Waals surface area contributed by atoms with Gasteiger partial charge in [0, 0.05) is 31.5 Å². The van der Waals surface area contributed by atoms with Crippen LogP contribution >= 0.6 is 0 Å². The van der Waals surface area contributed by atoms with E-state index in [1.165, 1.54) is 18.5 Å². The Morgan fingerprint density at radius 2 is 2.37 bits per heavy atom. The number of nitrogens with one attached hydrogen (secondary N) is 1. The lowest BCUT2D eigenvalue weighted by atomic mass is 10.0. The van der Waals surface area contributed by atoms with E-state index in [4.69, 9.17) is 4.74 Å². The first-order chi connectivity index (χ1) is 8.93. The number of aromatic nitrogens is 1. The second-order valence-electron chi connectivity index (χ2n) is 5.29. The molecule has 2 heterocycles. The van der Waals surface area contributed by atoms with Gasteiger partial charge in [0.15, 0.2) is 5.43 Å². The van der Waals surface area contributed by atoms with Crippen LogP contribution < -0.4 is 5.43 Å². The molecule has 2 N–H and O–H groups in total. The zero-order valence-corrected chi connectivity index (χ0v) is 11.0. The summed E-state index contributed by atoms with van der Waals surface area (Å²) in [5, 5.41) is 9.22. The van der Waals surface area contributed by atoms with Crippen LogP contribution in [-0.2, 0) is 4.74 Å². The van der Waals surface area contributed by atoms with E-state index in [-0.39, 0.29) is 30.1 Å². The van der Waals surface area contributed by atoms with Crippen LogP contribution in [0.15, 0.2) is 23.3 Å². The first-order valence-electron chi connectivity index (χ1n) is 6.18. The van der Waals surface area contributed by atoms with Crippen molar-refractivity contribution in [2.45, 2.75) is 25.6 Å². The third kappa shape index (κ3) is 3.02. The molecule has 1 aromatic rings. The number of amides is 1. The minimum Gasteiger partial charge on any atom is -0.394 e. The Balaban J connectivity index is 2.24. The van der Waals surface area contributed by atoms with E-state index in [0.29, 0.717) is 6.54 Å². The van der Waals surface area contributed by atoms with Gasteiger partial charge in [-0.2, -0.15) is 0 Å². The number of hydrogen-bond acceptors (Lipinski definition) is 4. The lowest BCUT2D eigenvalue weighted by Gasteiger charge is -2.42. The minimum atomic E-state index is -0.539. The predicted molar refractivity (Wildman–Crippen MR) is 69.0 cm³/mol. The highest BCUT2D eigenvalue weighted by Gasteiger charge is 2.36. The van der Waals surface area contributed by atoms with Crippen LogP contribution in [-0.4, -0.2) is 52.3 Å². The van der Waals surface area contributed by atoms with Crippen molar-refractivity contribution in [3.63, 3.8) is 0 Å². The van der Waals surface area contributed by atoms with E-state index in [1.807, 2.05) is 13.8 Å². The van der Waals surface area contributed by atoms with Crippen LogP contribution in [0.4, 0.5) is 0 Å². The van der Waals surface area contributed by atoms with Crippen LogP contribution in [0.3, 0.4) is 0 Å². The van der Waals surface area contributed by atoms with Gasteiger partial charge in [-0.3, -0.25) is 9.59 Å². The molecule has 1 atom stereocenters. The smallest absolute Gasteiger partial charge is 0.259 e. The fraction of sp³-hybridized carbons (Fsp3) is 0.538. The highest BCUT2D eigenvalue weighted by molar-refractivity contribution is 5.93. The summed E-state index contributed by atoms with van der Waals surface area (Å²) in [4.78, 5) is 28.3. The number of ether oxygens (including phenoxy) is 1. The Morgan fingerprint density at radius 1 is 1.63 bits per heavy atom. The second-order valence-corrected chi connectivity index (χ2v) is 5.29. The fourth-order valence-electron chi connectivity index (χ4n) is 2.30. The number of H-pyrrole nitrogens is 1. The van der Waals surface area contributed by atoms with Crippen LogP contribution in [0.5, 0.6) is 0 Å². The monoisotopic (exact) mass is 266 g/mol. The van der Waals surface area contributed by atoms with E-state index in [2.05, 4.69) is 4.98 Å². The van der Waals surface area contributed by atoms with Gasteiger partial charge in [0.05, 0.1) is 18.3 Å². The summed E-state index contributed by atoms with van der Waals surface area (Å²) in [6, 6.07) is 1.32. The molecule has 1 amide bonds. The molecule has 104 valence electrons. The summed E-state index contributed by atoms with van der Waals surface area (Å²) in [6.07, 6.45) is 2.47. The average Bonchev–Trinajstić information content (AvgIpc) is 2.36. The van der Waals surface area contributed by atoms with Crippen LogP contribution in [0.1, 0.15) is 24.2 Å². The van der Waals surface area contributed by atoms with Gasteiger partial charge in [-0.15, -0.1) is 0 Å². The maximum Gasteiger partial charge on any atom is 0.259 e. The molecule has 1 aromatic heterocycles. The van der Waals surface area contributed by atoms with Gasteiger partial charge in [0.1, 0.15) is 5.56 Å². The largest absolute Gasteiger partial charge is 0.394 e. The number of aliphatic hydroxyl groups is 1. The molecule has 6 nitrogen and oxygen atoms in total. The highest BCUT2D eigenvalue weighted by Crippen LogP contribution is 2.21. The standard InChI is InChI=1S/C13H18N2O4/c1-13(2)8-15(6-9(7-16)19-13)12(18)10-5-14-4-3-11(10)17/h3-5,9,16H,6-8H2,1-2H3,(H,14,17). The number of aliphatic hydroxyl groups excluding tert-OH is 1. The zero-order chi connectivity index (χ0) is 14.0. The Kier molecular flexibility index (Phi) is 3.73. The third-order valence-electron chi connectivity index (χ3n) is 3.03. The number of hydrogen-bond donors (Lipinski definition) is 2. The summed E-state index contributed by atoms with van der Waals surface area (Å²) in [5.74, 6) is -0.336. The van der Waals surface area contributed by atoms with Crippen molar-refractivity contribution in [3.8, 4) is 0 Å².